The second-order valence-electron chi connectivity index (χ2n) is 11.5. The fourth-order valence-corrected chi connectivity index (χ4v) is 6.09. The Balaban J connectivity index is 0.00000202. The summed E-state index contributed by atoms with van der Waals surface area (Å²) >= 11 is 0. The number of hydrogen-bond donors (Lipinski definition) is 3. The second kappa shape index (κ2) is 14.5. The fraction of sp³-hybridized carbons (Fsp3) is 0.586. The van der Waals surface area contributed by atoms with E-state index >= 15 is 0 Å². The number of benzene rings is 1. The summed E-state index contributed by atoms with van der Waals surface area (Å²) in [6.45, 7) is 3.18. The molecule has 0 atom stereocenters. The van der Waals surface area contributed by atoms with Crippen molar-refractivity contribution in [3.05, 3.63) is 36.2 Å². The molecule has 11 nitrogen and oxygen atoms in total. The molecule has 4 N–H and O–H groups in total. The van der Waals surface area contributed by atoms with Crippen molar-refractivity contribution in [2.45, 2.75) is 95.3 Å². The average molecular weight is 622 g/mol. The molecule has 2 aliphatic carbocycles. The van der Waals surface area contributed by atoms with Crippen LogP contribution in [0.2, 0.25) is 0 Å². The summed E-state index contributed by atoms with van der Waals surface area (Å²) in [6.07, 6.45) is 11.7. The van der Waals surface area contributed by atoms with Gasteiger partial charge in [-0.25, -0.2) is 9.78 Å². The zero-order chi connectivity index (χ0) is 27.5. The molecule has 2 saturated carbocycles. The van der Waals surface area contributed by atoms with Gasteiger partial charge in [-0.3, -0.25) is 0 Å². The van der Waals surface area contributed by atoms with E-state index in [1.165, 1.54) is 12.8 Å². The van der Waals surface area contributed by atoms with Crippen molar-refractivity contribution in [2.75, 3.05) is 23.7 Å². The molecule has 1 saturated heterocycles. The normalized spacial score (nSPS) is 21.8. The van der Waals surface area contributed by atoms with Gasteiger partial charge in [-0.15, -0.1) is 29.9 Å². The number of anilines is 2. The van der Waals surface area contributed by atoms with E-state index in [1.54, 1.807) is 17.2 Å². The number of aromatic nitrogens is 4. The minimum absolute atomic E-state index is 0. The maximum absolute atomic E-state index is 12.3. The summed E-state index contributed by atoms with van der Waals surface area (Å²) in [5.41, 5.74) is 8.92. The highest BCUT2D eigenvalue weighted by Gasteiger charge is 2.27. The number of piperidine rings is 1. The third kappa shape index (κ3) is 7.75. The molecule has 2 aromatic heterocycles. The number of nitrogens with one attached hydrogen (secondary N) is 2. The Hall–Kier alpha value is -2.86. The summed E-state index contributed by atoms with van der Waals surface area (Å²) in [5, 5.41) is 8.90. The first-order valence-corrected chi connectivity index (χ1v) is 14.7. The Morgan fingerprint density at radius 3 is 2.26 bits per heavy atom. The molecule has 6 rings (SSSR count). The molecular weight excluding hydrogens is 579 g/mol. The highest BCUT2D eigenvalue weighted by Crippen LogP contribution is 2.34. The number of nitrogens with zero attached hydrogens (tertiary/aromatic N) is 5. The Bertz CT molecular complexity index is 1300. The van der Waals surface area contributed by atoms with E-state index < -0.39 is 6.16 Å². The topological polar surface area (TPSA) is 132 Å². The molecule has 3 aliphatic rings. The smallest absolute Gasteiger partial charge is 0.394 e. The fourth-order valence-electron chi connectivity index (χ4n) is 6.09. The lowest BCUT2D eigenvalue weighted by Crippen LogP contribution is -2.41. The van der Waals surface area contributed by atoms with Gasteiger partial charge < -0.3 is 30.5 Å². The van der Waals surface area contributed by atoms with Crippen LogP contribution in [-0.4, -0.2) is 62.0 Å². The first kappa shape index (κ1) is 32.1. The number of hydroxylamine groups is 2. The molecule has 0 amide bonds. The second-order valence-corrected chi connectivity index (χ2v) is 11.5. The monoisotopic (exact) mass is 620 g/mol. The van der Waals surface area contributed by atoms with E-state index in [0.29, 0.717) is 42.9 Å². The summed E-state index contributed by atoms with van der Waals surface area (Å²) in [4.78, 5) is 32.3. The van der Waals surface area contributed by atoms with Gasteiger partial charge in [0, 0.05) is 37.3 Å². The minimum Gasteiger partial charge on any atom is -0.394 e. The van der Waals surface area contributed by atoms with Crippen LogP contribution in [0.15, 0.2) is 30.6 Å². The number of rotatable bonds is 7. The Morgan fingerprint density at radius 2 is 1.57 bits per heavy atom. The van der Waals surface area contributed by atoms with Crippen molar-refractivity contribution in [2.24, 2.45) is 5.73 Å². The molecule has 0 spiro atoms. The SMILES string of the molecule is Cc1ccc(OC(=O)ON2CCC(Nc3nc(N[C@H]4CC[C@H](N)CC4)nc4c3ncn4C3CCCC3)CC2)cc1.Cl.Cl. The van der Waals surface area contributed by atoms with E-state index in [4.69, 9.17) is 30.3 Å². The lowest BCUT2D eigenvalue weighted by molar-refractivity contribution is -0.127. The van der Waals surface area contributed by atoms with Gasteiger partial charge in [0.05, 0.1) is 6.33 Å². The Morgan fingerprint density at radius 1 is 0.905 bits per heavy atom. The number of nitrogens with two attached hydrogens (primary N) is 1. The van der Waals surface area contributed by atoms with E-state index in [0.717, 1.165) is 73.9 Å². The first-order chi connectivity index (χ1) is 19.5. The Kier molecular flexibility index (Phi) is 11.1. The third-order valence-corrected chi connectivity index (χ3v) is 8.47. The van der Waals surface area contributed by atoms with E-state index in [2.05, 4.69) is 15.2 Å². The zero-order valence-electron chi connectivity index (χ0n) is 24.0. The van der Waals surface area contributed by atoms with Crippen LogP contribution in [0.25, 0.3) is 11.2 Å². The standard InChI is InChI=1S/C29H40N8O3.2ClH/c1-19-6-12-24(13-7-19)39-29(38)40-36-16-14-22(15-17-36)32-26-25-27(37(18-31-25)23-4-2-3-5-23)35-28(34-26)33-21-10-8-20(30)9-11-21;;/h6-7,12-13,18,20-23H,2-5,8-11,14-17,30H2,1H3,(H2,32,33,34,35);2*1H/t20-,21-;;. The maximum atomic E-state index is 12.3. The Labute approximate surface area is 259 Å². The number of aryl methyl sites for hydroxylation is 1. The highest BCUT2D eigenvalue weighted by atomic mass is 35.5. The largest absolute Gasteiger partial charge is 0.533 e. The number of imidazole rings is 1. The van der Waals surface area contributed by atoms with Gasteiger partial charge in [0.15, 0.2) is 17.0 Å². The molecule has 3 fully saturated rings. The summed E-state index contributed by atoms with van der Waals surface area (Å²) < 4.78 is 7.55. The summed E-state index contributed by atoms with van der Waals surface area (Å²) in [7, 11) is 0. The number of carbonyl (C=O) groups excluding carboxylic acids is 1. The average Bonchev–Trinajstić information content (AvgIpc) is 3.63. The van der Waals surface area contributed by atoms with Crippen molar-refractivity contribution in [1.29, 1.82) is 0 Å². The molecule has 3 heterocycles. The van der Waals surface area contributed by atoms with Crippen LogP contribution in [0.4, 0.5) is 16.6 Å². The van der Waals surface area contributed by atoms with Crippen molar-refractivity contribution < 1.29 is 14.4 Å². The predicted octanol–water partition coefficient (Wildman–Crippen LogP) is 5.78. The van der Waals surface area contributed by atoms with E-state index in [9.17, 15) is 4.79 Å². The van der Waals surface area contributed by atoms with Crippen LogP contribution in [0.5, 0.6) is 5.75 Å². The summed E-state index contributed by atoms with van der Waals surface area (Å²) in [6, 6.07) is 8.54. The van der Waals surface area contributed by atoms with Gasteiger partial charge >= 0.3 is 6.16 Å². The third-order valence-electron chi connectivity index (χ3n) is 8.47. The molecule has 0 radical (unpaired) electrons. The lowest BCUT2D eigenvalue weighted by atomic mass is 9.92. The highest BCUT2D eigenvalue weighted by molar-refractivity contribution is 5.86. The van der Waals surface area contributed by atoms with Crippen LogP contribution in [0.3, 0.4) is 0 Å². The molecule has 42 heavy (non-hydrogen) atoms. The van der Waals surface area contributed by atoms with E-state index in [-0.39, 0.29) is 30.9 Å². The molecule has 0 unspecified atom stereocenters. The van der Waals surface area contributed by atoms with Crippen LogP contribution >= 0.6 is 24.8 Å². The number of fused-ring (bicyclic) bond motifs is 1. The van der Waals surface area contributed by atoms with Crippen LogP contribution in [-0.2, 0) is 4.84 Å². The van der Waals surface area contributed by atoms with E-state index in [1.807, 2.05) is 25.4 Å². The van der Waals surface area contributed by atoms with Gasteiger partial charge in [-0.05, 0) is 70.4 Å². The van der Waals surface area contributed by atoms with Crippen LogP contribution in [0, 0.1) is 6.92 Å². The lowest BCUT2D eigenvalue weighted by Gasteiger charge is -2.31. The molecule has 230 valence electrons. The van der Waals surface area contributed by atoms with Crippen LogP contribution in [0.1, 0.15) is 75.8 Å². The molecule has 3 aromatic rings. The number of carbonyl (C=O) groups is 1. The first-order valence-electron chi connectivity index (χ1n) is 14.7. The maximum Gasteiger partial charge on any atom is 0.533 e. The predicted molar refractivity (Wildman–Crippen MR) is 168 cm³/mol. The van der Waals surface area contributed by atoms with Crippen molar-refractivity contribution >= 4 is 53.9 Å². The molecular formula is C29H42Cl2N8O3. The van der Waals surface area contributed by atoms with Crippen molar-refractivity contribution in [3.8, 4) is 5.75 Å². The summed E-state index contributed by atoms with van der Waals surface area (Å²) in [5.74, 6) is 1.88. The van der Waals surface area contributed by atoms with Gasteiger partial charge in [0.2, 0.25) is 5.95 Å². The van der Waals surface area contributed by atoms with Crippen molar-refractivity contribution in [3.63, 3.8) is 0 Å². The molecule has 1 aromatic carbocycles. The number of halogens is 2. The quantitative estimate of drug-likeness (QED) is 0.220. The zero-order valence-corrected chi connectivity index (χ0v) is 25.7. The van der Waals surface area contributed by atoms with Gasteiger partial charge in [0.25, 0.3) is 0 Å². The van der Waals surface area contributed by atoms with Gasteiger partial charge in [-0.2, -0.15) is 9.97 Å². The number of hydrogen-bond acceptors (Lipinski definition) is 10. The van der Waals surface area contributed by atoms with Crippen LogP contribution < -0.4 is 21.1 Å². The molecule has 13 heteroatoms. The van der Waals surface area contributed by atoms with Crippen molar-refractivity contribution in [1.82, 2.24) is 24.6 Å². The number of ether oxygens (including phenoxy) is 1. The minimum atomic E-state index is -0.718. The van der Waals surface area contributed by atoms with Gasteiger partial charge in [0.1, 0.15) is 5.75 Å². The molecule has 1 aliphatic heterocycles. The van der Waals surface area contributed by atoms with Gasteiger partial charge in [-0.1, -0.05) is 30.5 Å². The molecule has 0 bridgehead atoms.